The van der Waals surface area contributed by atoms with Gasteiger partial charge in [-0.15, -0.1) is 0 Å². The summed E-state index contributed by atoms with van der Waals surface area (Å²) in [7, 11) is 0. The fourth-order valence-electron chi connectivity index (χ4n) is 7.02. The highest BCUT2D eigenvalue weighted by molar-refractivity contribution is 6.31. The fraction of sp³-hybridized carbons (Fsp3) is 0.250. The maximum atomic E-state index is 13.0. The van der Waals surface area contributed by atoms with Crippen molar-refractivity contribution in [2.24, 2.45) is 0 Å². The van der Waals surface area contributed by atoms with Gasteiger partial charge < -0.3 is 29.5 Å². The van der Waals surface area contributed by atoms with E-state index in [1.54, 1.807) is 72.8 Å². The number of benzene rings is 3. The molecule has 9 aromatic rings. The van der Waals surface area contributed by atoms with Crippen LogP contribution in [0.1, 0.15) is 125 Å². The molecule has 9 rings (SSSR count). The normalized spacial score (nSPS) is 13.0. The molecule has 3 atom stereocenters. The average molecular weight is 1310 g/mol. The molecule has 21 nitrogen and oxygen atoms in total. The third-order valence-corrected chi connectivity index (χ3v) is 11.8. The summed E-state index contributed by atoms with van der Waals surface area (Å²) >= 11 is 17.6. The maximum Gasteiger partial charge on any atom is 0.435 e. The van der Waals surface area contributed by atoms with Gasteiger partial charge in [0.2, 0.25) is 35.1 Å². The number of nitrogens with zero attached hydrogens (tertiary/aromatic N) is 12. The Bertz CT molecular complexity index is 3490. The molecule has 0 aliphatic heterocycles. The summed E-state index contributed by atoms with van der Waals surface area (Å²) in [6.45, 7) is -6.16. The lowest BCUT2D eigenvalue weighted by Gasteiger charge is -2.10. The number of hydrogen-bond acceptors (Lipinski definition) is 15. The summed E-state index contributed by atoms with van der Waals surface area (Å²) in [5.74, 6) is -3.47. The van der Waals surface area contributed by atoms with E-state index in [1.807, 2.05) is 0 Å². The first-order valence-corrected chi connectivity index (χ1v) is 24.9. The van der Waals surface area contributed by atoms with E-state index in [9.17, 15) is 80.2 Å². The minimum absolute atomic E-state index is 0.0903. The standard InChI is InChI=1S/3C16H11ClF5N5O2/c3*1-7(14-24-12(26-29-14)8-3-2-4-9(17)5-8)23-13(28)10-6-11(16(20,21)22)25-27(10)15(18)19/h3*2-7,15H,1H3,(H,23,28)/t2*7-;/m10./s1. The predicted octanol–water partition coefficient (Wildman–Crippen LogP) is 13.5. The lowest BCUT2D eigenvalue weighted by Crippen LogP contribution is -2.29. The lowest BCUT2D eigenvalue weighted by atomic mass is 10.2. The molecule has 3 amide bonds. The molecule has 39 heteroatoms. The van der Waals surface area contributed by atoms with Crippen LogP contribution in [0.3, 0.4) is 0 Å². The van der Waals surface area contributed by atoms with Crippen LogP contribution in [-0.4, -0.2) is 77.5 Å². The number of amides is 3. The molecule has 0 bridgehead atoms. The number of hydrogen-bond donors (Lipinski definition) is 3. The second kappa shape index (κ2) is 26.7. The zero-order valence-electron chi connectivity index (χ0n) is 43.2. The number of carbonyl (C=O) groups is 3. The Morgan fingerprint density at radius 2 is 0.667 bits per heavy atom. The minimum Gasteiger partial charge on any atom is -0.339 e. The Morgan fingerprint density at radius 1 is 0.425 bits per heavy atom. The van der Waals surface area contributed by atoms with Crippen molar-refractivity contribution < 1.29 is 93.8 Å². The summed E-state index contributed by atoms with van der Waals surface area (Å²) in [6.07, 6.45) is -15.0. The van der Waals surface area contributed by atoms with E-state index in [0.29, 0.717) is 31.8 Å². The van der Waals surface area contributed by atoms with Crippen LogP contribution >= 0.6 is 34.8 Å². The molecular weight excluding hydrogens is 1270 g/mol. The first-order valence-electron chi connectivity index (χ1n) is 23.7. The Kier molecular flexibility index (Phi) is 20.1. The average Bonchev–Trinajstić information content (AvgIpc) is 2.19. The molecule has 0 spiro atoms. The van der Waals surface area contributed by atoms with Gasteiger partial charge in [-0.2, -0.15) is 110 Å². The smallest absolute Gasteiger partial charge is 0.339 e. The van der Waals surface area contributed by atoms with Crippen molar-refractivity contribution in [2.75, 3.05) is 0 Å². The molecule has 0 aliphatic rings. The van der Waals surface area contributed by atoms with Crippen LogP contribution in [0, 0.1) is 0 Å². The van der Waals surface area contributed by atoms with Gasteiger partial charge in [-0.05, 0) is 57.2 Å². The molecule has 3 aromatic carbocycles. The third kappa shape index (κ3) is 16.5. The van der Waals surface area contributed by atoms with Crippen molar-refractivity contribution in [1.82, 2.24) is 75.7 Å². The van der Waals surface area contributed by atoms with Gasteiger partial charge in [0, 0.05) is 50.0 Å². The van der Waals surface area contributed by atoms with Crippen molar-refractivity contribution in [3.8, 4) is 34.2 Å². The summed E-state index contributed by atoms with van der Waals surface area (Å²) in [5.41, 5.74) is -6.16. The molecule has 0 saturated heterocycles. The topological polar surface area (TPSA) is 258 Å². The van der Waals surface area contributed by atoms with Crippen molar-refractivity contribution >= 4 is 52.5 Å². The van der Waals surface area contributed by atoms with E-state index in [-0.39, 0.29) is 67.4 Å². The molecule has 462 valence electrons. The van der Waals surface area contributed by atoms with Crippen LogP contribution in [0.15, 0.2) is 105 Å². The number of rotatable bonds is 15. The highest BCUT2D eigenvalue weighted by Gasteiger charge is 2.40. The summed E-state index contributed by atoms with van der Waals surface area (Å²) in [6, 6.07) is 17.3. The van der Waals surface area contributed by atoms with Crippen molar-refractivity contribution in [3.05, 3.63) is 158 Å². The lowest BCUT2D eigenvalue weighted by molar-refractivity contribution is -0.142. The minimum atomic E-state index is -4.99. The second-order valence-electron chi connectivity index (χ2n) is 17.4. The quantitative estimate of drug-likeness (QED) is 0.0806. The van der Waals surface area contributed by atoms with Crippen molar-refractivity contribution in [2.45, 2.75) is 77.1 Å². The predicted molar refractivity (Wildman–Crippen MR) is 267 cm³/mol. The Labute approximate surface area is 489 Å². The molecular formula is C48H33Cl3F15N15O6. The van der Waals surface area contributed by atoms with E-state index < -0.39 is 108 Å². The van der Waals surface area contributed by atoms with Crippen molar-refractivity contribution in [1.29, 1.82) is 0 Å². The summed E-state index contributed by atoms with van der Waals surface area (Å²) < 4.78 is 207. The SMILES string of the molecule is CC(NC(=O)c1cc(C(F)(F)F)nn1C(F)F)c1nc(-c2cccc(Cl)c2)no1.C[C@@H](NC(=O)c1cc(C(F)(F)F)nn1C(F)F)c1nc(-c2cccc(Cl)c2)no1.C[C@H](NC(=O)c1cc(C(F)(F)F)nn1C(F)F)c1nc(-c2cccc(Cl)c2)no1. The van der Waals surface area contributed by atoms with Gasteiger partial charge in [0.05, 0.1) is 0 Å². The van der Waals surface area contributed by atoms with Crippen LogP contribution in [0.25, 0.3) is 34.2 Å². The third-order valence-electron chi connectivity index (χ3n) is 11.1. The van der Waals surface area contributed by atoms with E-state index in [2.05, 4.69) is 61.7 Å². The van der Waals surface area contributed by atoms with Gasteiger partial charge in [-0.3, -0.25) is 14.4 Å². The molecule has 0 radical (unpaired) electrons. The monoisotopic (exact) mass is 1310 g/mol. The Morgan fingerprint density at radius 3 is 0.874 bits per heavy atom. The summed E-state index contributed by atoms with van der Waals surface area (Å²) in [4.78, 5) is 48.9. The second-order valence-corrected chi connectivity index (χ2v) is 18.7. The van der Waals surface area contributed by atoms with Crippen LogP contribution < -0.4 is 16.0 Å². The first kappa shape index (κ1) is 65.5. The molecule has 0 saturated carbocycles. The van der Waals surface area contributed by atoms with Gasteiger partial charge in [-0.1, -0.05) is 86.7 Å². The molecule has 6 aromatic heterocycles. The van der Waals surface area contributed by atoms with Crippen molar-refractivity contribution in [3.63, 3.8) is 0 Å². The maximum absolute atomic E-state index is 13.0. The van der Waals surface area contributed by atoms with Gasteiger partial charge in [0.15, 0.2) is 17.1 Å². The van der Waals surface area contributed by atoms with Crippen LogP contribution in [0.2, 0.25) is 15.1 Å². The highest BCUT2D eigenvalue weighted by Crippen LogP contribution is 2.34. The van der Waals surface area contributed by atoms with E-state index in [1.165, 1.54) is 20.8 Å². The van der Waals surface area contributed by atoms with E-state index in [0.717, 1.165) is 0 Å². The molecule has 0 fully saturated rings. The number of nitrogens with one attached hydrogen (secondary N) is 3. The Balaban J connectivity index is 0.000000186. The zero-order chi connectivity index (χ0) is 64.0. The first-order chi connectivity index (χ1) is 40.7. The van der Waals surface area contributed by atoms with Gasteiger partial charge in [-0.25, -0.2) is 0 Å². The number of alkyl halides is 15. The van der Waals surface area contributed by atoms with Crippen LogP contribution in [-0.2, 0) is 18.5 Å². The molecule has 3 N–H and O–H groups in total. The molecule has 87 heavy (non-hydrogen) atoms. The van der Waals surface area contributed by atoms with E-state index >= 15 is 0 Å². The van der Waals surface area contributed by atoms with Gasteiger partial charge in [0.1, 0.15) is 35.2 Å². The number of aromatic nitrogens is 12. The van der Waals surface area contributed by atoms with Crippen LogP contribution in [0.4, 0.5) is 65.9 Å². The van der Waals surface area contributed by atoms with E-state index in [4.69, 9.17) is 48.4 Å². The largest absolute Gasteiger partial charge is 0.435 e. The molecule has 1 unspecified atom stereocenters. The summed E-state index contributed by atoms with van der Waals surface area (Å²) in [5, 5.41) is 27.4. The number of halogens is 18. The fourth-order valence-corrected chi connectivity index (χ4v) is 7.59. The van der Waals surface area contributed by atoms with Crippen LogP contribution in [0.5, 0.6) is 0 Å². The highest BCUT2D eigenvalue weighted by atomic mass is 35.5. The molecule has 6 heterocycles. The zero-order valence-corrected chi connectivity index (χ0v) is 45.5. The van der Waals surface area contributed by atoms with Gasteiger partial charge in [0.25, 0.3) is 17.7 Å². The molecule has 0 aliphatic carbocycles. The van der Waals surface area contributed by atoms with Gasteiger partial charge >= 0.3 is 38.2 Å². The number of carbonyl (C=O) groups excluding carboxylic acids is 3. The Hall–Kier alpha value is -9.06.